The highest BCUT2D eigenvalue weighted by atomic mass is 15.4. The molecule has 0 aliphatic carbocycles. The monoisotopic (exact) mass is 245 g/mol. The Morgan fingerprint density at radius 3 is 2.17 bits per heavy atom. The number of anilines is 1. The molecule has 0 saturated carbocycles. The third-order valence-electron chi connectivity index (χ3n) is 2.71. The number of benzene rings is 1. The minimum atomic E-state index is -0.0351. The third kappa shape index (κ3) is 2.50. The Labute approximate surface area is 109 Å². The molecule has 1 aromatic carbocycles. The highest BCUT2D eigenvalue weighted by molar-refractivity contribution is 5.90. The van der Waals surface area contributed by atoms with Gasteiger partial charge in [-0.2, -0.15) is 5.10 Å². The Morgan fingerprint density at radius 2 is 1.61 bits per heavy atom. The van der Waals surface area contributed by atoms with E-state index in [1.165, 1.54) is 5.39 Å². The lowest BCUT2D eigenvalue weighted by molar-refractivity contribution is 0.360. The fourth-order valence-electron chi connectivity index (χ4n) is 1.99. The first-order chi connectivity index (χ1) is 8.18. The predicted octanol–water partition coefficient (Wildman–Crippen LogP) is 4.00. The van der Waals surface area contributed by atoms with Crippen LogP contribution in [-0.2, 0) is 5.54 Å². The second-order valence-corrected chi connectivity index (χ2v) is 6.82. The topological polar surface area (TPSA) is 29.9 Å². The van der Waals surface area contributed by atoms with E-state index in [9.17, 15) is 0 Å². The number of nitrogens with one attached hydrogen (secondary N) is 1. The van der Waals surface area contributed by atoms with E-state index in [2.05, 4.69) is 69.7 Å². The van der Waals surface area contributed by atoms with E-state index < -0.39 is 0 Å². The fraction of sp³-hybridized carbons (Fsp3) is 0.533. The lowest BCUT2D eigenvalue weighted by Crippen LogP contribution is -2.32. The Bertz CT molecular complexity index is 553. The Morgan fingerprint density at radius 1 is 1.00 bits per heavy atom. The molecule has 0 saturated heterocycles. The standard InChI is InChI=1S/C15H23N3/c1-14(2,3)16-13-11-9-7-8-10-12(11)17-18(13)15(4,5)6/h7-10,16H,1-6H3. The maximum absolute atomic E-state index is 4.72. The van der Waals surface area contributed by atoms with Gasteiger partial charge in [0.15, 0.2) is 0 Å². The highest BCUT2D eigenvalue weighted by Gasteiger charge is 2.23. The van der Waals surface area contributed by atoms with Crippen molar-refractivity contribution in [3.63, 3.8) is 0 Å². The molecule has 3 heteroatoms. The van der Waals surface area contributed by atoms with E-state index in [1.807, 2.05) is 6.07 Å². The summed E-state index contributed by atoms with van der Waals surface area (Å²) in [5.74, 6) is 1.10. The summed E-state index contributed by atoms with van der Waals surface area (Å²) in [5.41, 5.74) is 1.03. The first-order valence-corrected chi connectivity index (χ1v) is 6.45. The van der Waals surface area contributed by atoms with E-state index in [0.717, 1.165) is 11.3 Å². The van der Waals surface area contributed by atoms with Gasteiger partial charge in [0.25, 0.3) is 0 Å². The summed E-state index contributed by atoms with van der Waals surface area (Å²) in [4.78, 5) is 0. The van der Waals surface area contributed by atoms with Gasteiger partial charge in [0.05, 0.1) is 11.1 Å². The second-order valence-electron chi connectivity index (χ2n) is 6.82. The smallest absolute Gasteiger partial charge is 0.133 e. The molecule has 1 N–H and O–H groups in total. The SMILES string of the molecule is CC(C)(C)Nc1c2ccccc2nn1C(C)(C)C. The Balaban J connectivity index is 2.66. The zero-order chi connectivity index (χ0) is 13.6. The molecule has 18 heavy (non-hydrogen) atoms. The quantitative estimate of drug-likeness (QED) is 0.823. The molecule has 1 heterocycles. The van der Waals surface area contributed by atoms with Crippen molar-refractivity contribution in [1.82, 2.24) is 9.78 Å². The molecular weight excluding hydrogens is 222 g/mol. The van der Waals surface area contributed by atoms with Crippen LogP contribution in [0.1, 0.15) is 41.5 Å². The predicted molar refractivity (Wildman–Crippen MR) is 78.1 cm³/mol. The first-order valence-electron chi connectivity index (χ1n) is 6.45. The molecule has 2 aromatic rings. The lowest BCUT2D eigenvalue weighted by Gasteiger charge is -2.28. The van der Waals surface area contributed by atoms with E-state index in [0.29, 0.717) is 0 Å². The minimum absolute atomic E-state index is 0.0196. The second kappa shape index (κ2) is 4.01. The van der Waals surface area contributed by atoms with E-state index in [4.69, 9.17) is 5.10 Å². The molecular formula is C15H23N3. The van der Waals surface area contributed by atoms with Crippen LogP contribution in [0, 0.1) is 0 Å². The van der Waals surface area contributed by atoms with Gasteiger partial charge < -0.3 is 5.32 Å². The number of rotatable bonds is 1. The van der Waals surface area contributed by atoms with Gasteiger partial charge in [-0.15, -0.1) is 0 Å². The molecule has 0 spiro atoms. The van der Waals surface area contributed by atoms with Crippen LogP contribution < -0.4 is 5.32 Å². The summed E-state index contributed by atoms with van der Waals surface area (Å²) in [6.07, 6.45) is 0. The van der Waals surface area contributed by atoms with Crippen molar-refractivity contribution in [3.8, 4) is 0 Å². The van der Waals surface area contributed by atoms with Gasteiger partial charge >= 0.3 is 0 Å². The van der Waals surface area contributed by atoms with E-state index >= 15 is 0 Å². The van der Waals surface area contributed by atoms with Gasteiger partial charge in [-0.3, -0.25) is 0 Å². The number of fused-ring (bicyclic) bond motifs is 1. The van der Waals surface area contributed by atoms with Crippen molar-refractivity contribution in [2.45, 2.75) is 52.6 Å². The molecule has 0 amide bonds. The summed E-state index contributed by atoms with van der Waals surface area (Å²) < 4.78 is 2.09. The Kier molecular flexibility index (Phi) is 2.88. The van der Waals surface area contributed by atoms with Crippen molar-refractivity contribution in [2.24, 2.45) is 0 Å². The summed E-state index contributed by atoms with van der Waals surface area (Å²) in [6, 6.07) is 8.28. The lowest BCUT2D eigenvalue weighted by atomic mass is 10.1. The number of hydrogen-bond donors (Lipinski definition) is 1. The van der Waals surface area contributed by atoms with Crippen LogP contribution in [0.15, 0.2) is 24.3 Å². The largest absolute Gasteiger partial charge is 0.365 e. The summed E-state index contributed by atoms with van der Waals surface area (Å²) in [6.45, 7) is 13.0. The molecule has 98 valence electrons. The van der Waals surface area contributed by atoms with Crippen molar-refractivity contribution in [2.75, 3.05) is 5.32 Å². The maximum Gasteiger partial charge on any atom is 0.133 e. The van der Waals surface area contributed by atoms with Gasteiger partial charge in [0.1, 0.15) is 5.82 Å². The molecule has 0 fully saturated rings. The molecule has 0 unspecified atom stereocenters. The van der Waals surface area contributed by atoms with Crippen molar-refractivity contribution in [1.29, 1.82) is 0 Å². The zero-order valence-electron chi connectivity index (χ0n) is 12.2. The minimum Gasteiger partial charge on any atom is -0.365 e. The summed E-state index contributed by atoms with van der Waals surface area (Å²) in [7, 11) is 0. The molecule has 0 bridgehead atoms. The van der Waals surface area contributed by atoms with Crippen LogP contribution in [0.5, 0.6) is 0 Å². The van der Waals surface area contributed by atoms with E-state index in [-0.39, 0.29) is 11.1 Å². The molecule has 3 nitrogen and oxygen atoms in total. The maximum atomic E-state index is 4.72. The van der Waals surface area contributed by atoms with Crippen molar-refractivity contribution in [3.05, 3.63) is 24.3 Å². The van der Waals surface area contributed by atoms with Gasteiger partial charge in [-0.05, 0) is 53.7 Å². The van der Waals surface area contributed by atoms with Crippen LogP contribution in [0.3, 0.4) is 0 Å². The van der Waals surface area contributed by atoms with Crippen LogP contribution >= 0.6 is 0 Å². The number of hydrogen-bond acceptors (Lipinski definition) is 2. The van der Waals surface area contributed by atoms with Gasteiger partial charge in [-0.1, -0.05) is 12.1 Å². The van der Waals surface area contributed by atoms with Crippen LogP contribution in [0.4, 0.5) is 5.82 Å². The van der Waals surface area contributed by atoms with Gasteiger partial charge in [0, 0.05) is 10.9 Å². The summed E-state index contributed by atoms with van der Waals surface area (Å²) in [5, 5.41) is 9.48. The average Bonchev–Trinajstić information content (AvgIpc) is 2.55. The van der Waals surface area contributed by atoms with Crippen molar-refractivity contribution >= 4 is 16.7 Å². The summed E-state index contributed by atoms with van der Waals surface area (Å²) >= 11 is 0. The molecule has 0 aliphatic heterocycles. The molecule has 0 aliphatic rings. The third-order valence-corrected chi connectivity index (χ3v) is 2.71. The number of aromatic nitrogens is 2. The normalized spacial score (nSPS) is 13.0. The van der Waals surface area contributed by atoms with Gasteiger partial charge in [-0.25, -0.2) is 4.68 Å². The van der Waals surface area contributed by atoms with E-state index in [1.54, 1.807) is 0 Å². The fourth-order valence-corrected chi connectivity index (χ4v) is 1.99. The van der Waals surface area contributed by atoms with Crippen LogP contribution in [0.25, 0.3) is 10.9 Å². The highest BCUT2D eigenvalue weighted by Crippen LogP contribution is 2.30. The van der Waals surface area contributed by atoms with Crippen LogP contribution in [-0.4, -0.2) is 15.3 Å². The average molecular weight is 245 g/mol. The molecule has 1 aromatic heterocycles. The first kappa shape index (κ1) is 12.9. The van der Waals surface area contributed by atoms with Crippen molar-refractivity contribution < 1.29 is 0 Å². The zero-order valence-corrected chi connectivity index (χ0v) is 12.2. The van der Waals surface area contributed by atoms with Crippen LogP contribution in [0.2, 0.25) is 0 Å². The molecule has 0 radical (unpaired) electrons. The number of nitrogens with zero attached hydrogens (tertiary/aromatic N) is 2. The van der Waals surface area contributed by atoms with Gasteiger partial charge in [0.2, 0.25) is 0 Å². The molecule has 0 atom stereocenters. The Hall–Kier alpha value is -1.51. The molecule has 2 rings (SSSR count).